The summed E-state index contributed by atoms with van der Waals surface area (Å²) in [7, 11) is 3.71. The first-order chi connectivity index (χ1) is 15.1. The quantitative estimate of drug-likeness (QED) is 0.613. The van der Waals surface area contributed by atoms with Gasteiger partial charge in [-0.15, -0.1) is 0 Å². The van der Waals surface area contributed by atoms with E-state index in [1.807, 2.05) is 30.3 Å². The van der Waals surface area contributed by atoms with Crippen LogP contribution >= 0.6 is 0 Å². The smallest absolute Gasteiger partial charge is 0.137 e. The van der Waals surface area contributed by atoms with E-state index in [0.717, 1.165) is 58.7 Å². The van der Waals surface area contributed by atoms with Gasteiger partial charge in [-0.05, 0) is 42.2 Å². The second-order valence-corrected chi connectivity index (χ2v) is 7.89. The van der Waals surface area contributed by atoms with E-state index in [2.05, 4.69) is 64.4 Å². The van der Waals surface area contributed by atoms with Gasteiger partial charge in [0.05, 0.1) is 18.0 Å². The fourth-order valence-corrected chi connectivity index (χ4v) is 4.03. The summed E-state index contributed by atoms with van der Waals surface area (Å²) in [5, 5.41) is 14.4. The molecule has 1 saturated heterocycles. The number of pyridine rings is 1. The summed E-state index contributed by atoms with van der Waals surface area (Å²) in [6.07, 6.45) is 9.30. The number of hydrogen-bond donors (Lipinski definition) is 1. The average Bonchev–Trinajstić information content (AvgIpc) is 3.41. The molecule has 0 aliphatic carbocycles. The zero-order chi connectivity index (χ0) is 21.8. The molecule has 31 heavy (non-hydrogen) atoms. The lowest BCUT2D eigenvalue weighted by Gasteiger charge is -2.22. The summed E-state index contributed by atoms with van der Waals surface area (Å²) < 4.78 is 1.81. The highest BCUT2D eigenvalue weighted by Gasteiger charge is 2.24. The van der Waals surface area contributed by atoms with Crippen LogP contribution in [0, 0.1) is 0 Å². The second-order valence-electron chi connectivity index (χ2n) is 7.89. The first-order valence-corrected chi connectivity index (χ1v) is 10.7. The maximum Gasteiger partial charge on any atom is 0.137 e. The second kappa shape index (κ2) is 9.27. The minimum absolute atomic E-state index is 0.314. The Balaban J connectivity index is 1.79. The van der Waals surface area contributed by atoms with Gasteiger partial charge in [0.1, 0.15) is 5.82 Å². The van der Waals surface area contributed by atoms with Crippen LogP contribution in [-0.4, -0.2) is 52.3 Å². The molecule has 3 aromatic rings. The molecule has 3 heterocycles. The summed E-state index contributed by atoms with van der Waals surface area (Å²) in [6.45, 7) is 3.51. The first kappa shape index (κ1) is 21.0. The Bertz CT molecular complexity index is 1110. The van der Waals surface area contributed by atoms with Gasteiger partial charge in [-0.2, -0.15) is 5.10 Å². The van der Waals surface area contributed by atoms with Gasteiger partial charge in [0.15, 0.2) is 0 Å². The molecule has 1 atom stereocenters. The molecule has 6 heteroatoms. The van der Waals surface area contributed by atoms with Crippen molar-refractivity contribution in [3.8, 4) is 22.4 Å². The van der Waals surface area contributed by atoms with Gasteiger partial charge in [-0.3, -0.25) is 9.67 Å². The molecule has 1 aliphatic rings. The number of aryl methyl sites for hydroxylation is 1. The Kier molecular flexibility index (Phi) is 6.28. The largest absolute Gasteiger partial charge is 0.391 e. The van der Waals surface area contributed by atoms with Crippen molar-refractivity contribution in [3.05, 3.63) is 60.4 Å². The van der Waals surface area contributed by atoms with Crippen LogP contribution in [0.3, 0.4) is 0 Å². The summed E-state index contributed by atoms with van der Waals surface area (Å²) in [5.74, 6) is 0.903. The molecule has 0 spiro atoms. The molecule has 0 radical (unpaired) electrons. The Hall–Kier alpha value is -3.25. The summed E-state index contributed by atoms with van der Waals surface area (Å²) in [6, 6.07) is 12.6. The van der Waals surface area contributed by atoms with Crippen LogP contribution in [-0.2, 0) is 7.05 Å². The summed E-state index contributed by atoms with van der Waals surface area (Å²) in [4.78, 5) is 11.5. The van der Waals surface area contributed by atoms with Gasteiger partial charge in [-0.25, -0.2) is 4.98 Å². The molecular weight excluding hydrogens is 386 g/mol. The lowest BCUT2D eigenvalue weighted by atomic mass is 10.0. The molecule has 4 rings (SSSR count). The van der Waals surface area contributed by atoms with Crippen molar-refractivity contribution >= 4 is 17.6 Å². The zero-order valence-electron chi connectivity index (χ0n) is 18.4. The highest BCUT2D eigenvalue weighted by Crippen LogP contribution is 2.32. The molecule has 0 amide bonds. The predicted molar refractivity (Wildman–Crippen MR) is 127 cm³/mol. The van der Waals surface area contributed by atoms with Crippen LogP contribution in [0.1, 0.15) is 25.3 Å². The van der Waals surface area contributed by atoms with E-state index < -0.39 is 0 Å². The predicted octanol–water partition coefficient (Wildman–Crippen LogP) is 4.21. The molecule has 1 aliphatic heterocycles. The van der Waals surface area contributed by atoms with Gasteiger partial charge >= 0.3 is 0 Å². The highest BCUT2D eigenvalue weighted by molar-refractivity contribution is 6.11. The fourth-order valence-electron chi connectivity index (χ4n) is 4.03. The third kappa shape index (κ3) is 4.59. The Morgan fingerprint density at radius 1 is 1.23 bits per heavy atom. The number of anilines is 1. The van der Waals surface area contributed by atoms with Crippen molar-refractivity contribution in [1.29, 1.82) is 0 Å². The Morgan fingerprint density at radius 2 is 2.06 bits per heavy atom. The number of benzene rings is 1. The molecule has 6 nitrogen and oxygen atoms in total. The van der Waals surface area contributed by atoms with Crippen LogP contribution in [0.5, 0.6) is 0 Å². The maximum absolute atomic E-state index is 10.1. The van der Waals surface area contributed by atoms with E-state index in [-0.39, 0.29) is 6.10 Å². The minimum atomic E-state index is -0.314. The van der Waals surface area contributed by atoms with Crippen molar-refractivity contribution in [2.45, 2.75) is 25.9 Å². The Labute approximate surface area is 183 Å². The van der Waals surface area contributed by atoms with Gasteiger partial charge < -0.3 is 10.0 Å². The van der Waals surface area contributed by atoms with E-state index >= 15 is 0 Å². The molecule has 1 N–H and O–H groups in total. The number of hydrogen-bond acceptors (Lipinski definition) is 5. The van der Waals surface area contributed by atoms with E-state index in [9.17, 15) is 5.11 Å². The zero-order valence-corrected chi connectivity index (χ0v) is 18.4. The van der Waals surface area contributed by atoms with E-state index in [1.165, 1.54) is 0 Å². The number of aliphatic imine (C=N–C) groups is 1. The van der Waals surface area contributed by atoms with E-state index in [4.69, 9.17) is 4.98 Å². The van der Waals surface area contributed by atoms with Crippen molar-refractivity contribution in [2.24, 2.45) is 12.0 Å². The average molecular weight is 416 g/mol. The fraction of sp³-hybridized carbons (Fsp3) is 0.320. The standard InChI is InChI=1S/C25H29N5O/c1-4-6-20(14-26-2)23-9-10-24(28-25(23)30-12-11-22(31)17-30)19-8-5-7-18(13-19)21-15-27-29(3)16-21/h5-10,13-16,22,31H,4,11-12,17H2,1-3H3/b20-6+,26-14?. The lowest BCUT2D eigenvalue weighted by Crippen LogP contribution is -2.23. The van der Waals surface area contributed by atoms with Crippen LogP contribution in [0.4, 0.5) is 5.82 Å². The SMILES string of the molecule is CC/C=C(\C=NC)c1ccc(-c2cccc(-c3cnn(C)c3)c2)nc1N1CCC(O)C1. The number of nitrogens with zero attached hydrogens (tertiary/aromatic N) is 5. The Morgan fingerprint density at radius 3 is 2.74 bits per heavy atom. The maximum atomic E-state index is 10.1. The molecule has 1 fully saturated rings. The summed E-state index contributed by atoms with van der Waals surface area (Å²) in [5.41, 5.74) is 6.27. The molecule has 0 bridgehead atoms. The topological polar surface area (TPSA) is 66.5 Å². The van der Waals surface area contributed by atoms with E-state index in [1.54, 1.807) is 7.05 Å². The number of aliphatic hydroxyl groups excluding tert-OH is 1. The number of rotatable bonds is 6. The lowest BCUT2D eigenvalue weighted by molar-refractivity contribution is 0.198. The van der Waals surface area contributed by atoms with E-state index in [0.29, 0.717) is 6.54 Å². The number of β-amino-alcohol motifs (C(OH)–C–C–N with tert-alkyl or cyclic N) is 1. The molecule has 160 valence electrons. The normalized spacial score (nSPS) is 17.1. The first-order valence-electron chi connectivity index (χ1n) is 10.7. The van der Waals surface area contributed by atoms with Gasteiger partial charge in [0.2, 0.25) is 0 Å². The minimum Gasteiger partial charge on any atom is -0.391 e. The third-order valence-corrected chi connectivity index (χ3v) is 5.54. The van der Waals surface area contributed by atoms with Crippen molar-refractivity contribution in [2.75, 3.05) is 25.0 Å². The van der Waals surface area contributed by atoms with Crippen molar-refractivity contribution in [1.82, 2.24) is 14.8 Å². The molecule has 0 saturated carbocycles. The molecular formula is C25H29N5O. The van der Waals surface area contributed by atoms with Gasteiger partial charge in [-0.1, -0.05) is 31.2 Å². The number of allylic oxidation sites excluding steroid dienone is 2. The van der Waals surface area contributed by atoms with Crippen LogP contribution in [0.25, 0.3) is 28.0 Å². The van der Waals surface area contributed by atoms with Crippen molar-refractivity contribution in [3.63, 3.8) is 0 Å². The van der Waals surface area contributed by atoms with Crippen LogP contribution in [0.15, 0.2) is 59.9 Å². The monoisotopic (exact) mass is 415 g/mol. The van der Waals surface area contributed by atoms with Gasteiger partial charge in [0.25, 0.3) is 0 Å². The highest BCUT2D eigenvalue weighted by atomic mass is 16.3. The summed E-state index contributed by atoms with van der Waals surface area (Å²) >= 11 is 0. The molecule has 1 unspecified atom stereocenters. The van der Waals surface area contributed by atoms with Crippen molar-refractivity contribution < 1.29 is 5.11 Å². The van der Waals surface area contributed by atoms with Gasteiger partial charge in [0, 0.05) is 56.3 Å². The number of aliphatic hydroxyl groups is 1. The molecule has 2 aromatic heterocycles. The van der Waals surface area contributed by atoms with Crippen LogP contribution < -0.4 is 4.90 Å². The van der Waals surface area contributed by atoms with Crippen LogP contribution in [0.2, 0.25) is 0 Å². The third-order valence-electron chi connectivity index (χ3n) is 5.54. The molecule has 1 aromatic carbocycles. The number of aromatic nitrogens is 3.